The lowest BCUT2D eigenvalue weighted by Crippen LogP contribution is -2.14. The van der Waals surface area contributed by atoms with Gasteiger partial charge in [-0.15, -0.1) is 0 Å². The molecule has 0 bridgehead atoms. The normalized spacial score (nSPS) is 10.2. The lowest BCUT2D eigenvalue weighted by molar-refractivity contribution is 0.102. The van der Waals surface area contributed by atoms with Crippen molar-refractivity contribution in [1.82, 2.24) is 9.78 Å². The van der Waals surface area contributed by atoms with Gasteiger partial charge in [0.15, 0.2) is 0 Å². The molecule has 1 aromatic carbocycles. The van der Waals surface area contributed by atoms with Crippen LogP contribution in [0, 0.1) is 6.92 Å². The molecule has 3 N–H and O–H groups in total. The maximum absolute atomic E-state index is 12.0. The molecule has 0 unspecified atom stereocenters. The molecule has 0 atom stereocenters. The van der Waals surface area contributed by atoms with Gasteiger partial charge in [0.25, 0.3) is 5.91 Å². The highest BCUT2D eigenvalue weighted by Crippen LogP contribution is 2.16. The Labute approximate surface area is 99.2 Å². The number of anilines is 2. The summed E-state index contributed by atoms with van der Waals surface area (Å²) in [5, 5.41) is 6.74. The zero-order valence-electron chi connectivity index (χ0n) is 9.77. The summed E-state index contributed by atoms with van der Waals surface area (Å²) in [6.07, 6.45) is 1.46. The van der Waals surface area contributed by atoms with Crippen LogP contribution in [0.5, 0.6) is 0 Å². The Morgan fingerprint density at radius 2 is 2.12 bits per heavy atom. The van der Waals surface area contributed by atoms with Crippen LogP contribution in [0.25, 0.3) is 0 Å². The zero-order valence-corrected chi connectivity index (χ0v) is 9.77. The van der Waals surface area contributed by atoms with Crippen LogP contribution in [0.3, 0.4) is 0 Å². The van der Waals surface area contributed by atoms with Crippen LogP contribution in [-0.2, 0) is 7.05 Å². The highest BCUT2D eigenvalue weighted by Gasteiger charge is 2.14. The molecule has 5 heteroatoms. The van der Waals surface area contributed by atoms with Crippen molar-refractivity contribution in [1.29, 1.82) is 0 Å². The molecule has 1 heterocycles. The quantitative estimate of drug-likeness (QED) is 0.822. The molecule has 0 saturated carbocycles. The lowest BCUT2D eigenvalue weighted by Gasteiger charge is -2.07. The number of rotatable bonds is 2. The first-order valence-electron chi connectivity index (χ1n) is 5.24. The number of para-hydroxylation sites is 1. The molecule has 0 aliphatic rings. The predicted molar refractivity (Wildman–Crippen MR) is 66.8 cm³/mol. The maximum Gasteiger partial charge on any atom is 0.261 e. The second-order valence-electron chi connectivity index (χ2n) is 3.84. The third kappa shape index (κ3) is 2.13. The number of hydrogen-bond donors (Lipinski definition) is 2. The zero-order chi connectivity index (χ0) is 12.4. The molecule has 1 aromatic heterocycles. The van der Waals surface area contributed by atoms with Gasteiger partial charge in [0.1, 0.15) is 11.4 Å². The molecule has 0 spiro atoms. The number of hydrogen-bond acceptors (Lipinski definition) is 3. The number of nitrogens with two attached hydrogens (primary N) is 1. The second kappa shape index (κ2) is 4.29. The fraction of sp³-hybridized carbons (Fsp3) is 0.167. The van der Waals surface area contributed by atoms with Crippen molar-refractivity contribution in [2.24, 2.45) is 7.05 Å². The van der Waals surface area contributed by atoms with Gasteiger partial charge in [0.05, 0.1) is 6.20 Å². The van der Waals surface area contributed by atoms with E-state index < -0.39 is 0 Å². The van der Waals surface area contributed by atoms with Gasteiger partial charge in [-0.2, -0.15) is 5.10 Å². The third-order valence-corrected chi connectivity index (χ3v) is 2.62. The smallest absolute Gasteiger partial charge is 0.261 e. The molecular formula is C12H14N4O. The van der Waals surface area contributed by atoms with Crippen molar-refractivity contribution in [3.05, 3.63) is 41.6 Å². The van der Waals surface area contributed by atoms with Gasteiger partial charge in [0, 0.05) is 12.7 Å². The molecular weight excluding hydrogens is 216 g/mol. The molecule has 2 rings (SSSR count). The third-order valence-electron chi connectivity index (χ3n) is 2.62. The average molecular weight is 230 g/mol. The standard InChI is InChI=1S/C12H14N4O/c1-8-5-3-4-6-10(8)15-12(17)9-7-14-16(2)11(9)13/h3-7H,13H2,1-2H3,(H,15,17). The van der Waals surface area contributed by atoms with E-state index in [1.165, 1.54) is 10.9 Å². The fourth-order valence-corrected chi connectivity index (χ4v) is 1.52. The Balaban J connectivity index is 2.23. The Kier molecular flexibility index (Phi) is 2.82. The summed E-state index contributed by atoms with van der Waals surface area (Å²) in [5.41, 5.74) is 7.90. The van der Waals surface area contributed by atoms with Crippen molar-refractivity contribution in [2.75, 3.05) is 11.1 Å². The van der Waals surface area contributed by atoms with E-state index in [9.17, 15) is 4.79 Å². The van der Waals surface area contributed by atoms with Crippen LogP contribution < -0.4 is 11.1 Å². The minimum Gasteiger partial charge on any atom is -0.383 e. The van der Waals surface area contributed by atoms with E-state index in [0.29, 0.717) is 11.4 Å². The molecule has 0 aliphatic heterocycles. The van der Waals surface area contributed by atoms with Crippen molar-refractivity contribution in [2.45, 2.75) is 6.92 Å². The maximum atomic E-state index is 12.0. The summed E-state index contributed by atoms with van der Waals surface area (Å²) < 4.78 is 1.47. The highest BCUT2D eigenvalue weighted by molar-refractivity contribution is 6.07. The number of nitrogens with zero attached hydrogens (tertiary/aromatic N) is 2. The summed E-state index contributed by atoms with van der Waals surface area (Å²) in [7, 11) is 1.69. The predicted octanol–water partition coefficient (Wildman–Crippen LogP) is 1.56. The summed E-state index contributed by atoms with van der Waals surface area (Å²) in [6.45, 7) is 1.93. The summed E-state index contributed by atoms with van der Waals surface area (Å²) in [5.74, 6) is 0.112. The Morgan fingerprint density at radius 1 is 1.41 bits per heavy atom. The first kappa shape index (κ1) is 11.2. The van der Waals surface area contributed by atoms with Gasteiger partial charge < -0.3 is 11.1 Å². The van der Waals surface area contributed by atoms with Gasteiger partial charge >= 0.3 is 0 Å². The number of carbonyl (C=O) groups is 1. The second-order valence-corrected chi connectivity index (χ2v) is 3.84. The monoisotopic (exact) mass is 230 g/mol. The Hall–Kier alpha value is -2.30. The van der Waals surface area contributed by atoms with Crippen LogP contribution in [0.15, 0.2) is 30.5 Å². The summed E-state index contributed by atoms with van der Waals surface area (Å²) in [4.78, 5) is 12.0. The van der Waals surface area contributed by atoms with Crippen LogP contribution in [-0.4, -0.2) is 15.7 Å². The van der Waals surface area contributed by atoms with E-state index >= 15 is 0 Å². The molecule has 0 fully saturated rings. The number of amides is 1. The van der Waals surface area contributed by atoms with Crippen molar-refractivity contribution >= 4 is 17.4 Å². The van der Waals surface area contributed by atoms with E-state index in [-0.39, 0.29) is 5.91 Å². The molecule has 17 heavy (non-hydrogen) atoms. The lowest BCUT2D eigenvalue weighted by atomic mass is 10.2. The average Bonchev–Trinajstić information content (AvgIpc) is 2.63. The van der Waals surface area contributed by atoms with Gasteiger partial charge in [-0.05, 0) is 18.6 Å². The van der Waals surface area contributed by atoms with Crippen LogP contribution in [0.2, 0.25) is 0 Å². The largest absolute Gasteiger partial charge is 0.383 e. The van der Waals surface area contributed by atoms with Gasteiger partial charge in [-0.1, -0.05) is 18.2 Å². The van der Waals surface area contributed by atoms with E-state index in [0.717, 1.165) is 11.3 Å². The topological polar surface area (TPSA) is 72.9 Å². The van der Waals surface area contributed by atoms with E-state index in [1.807, 2.05) is 31.2 Å². The minimum absolute atomic E-state index is 0.245. The highest BCUT2D eigenvalue weighted by atomic mass is 16.1. The molecule has 0 aliphatic carbocycles. The molecule has 0 saturated heterocycles. The Morgan fingerprint density at radius 3 is 2.71 bits per heavy atom. The molecule has 0 radical (unpaired) electrons. The summed E-state index contributed by atoms with van der Waals surface area (Å²) in [6, 6.07) is 7.57. The van der Waals surface area contributed by atoms with Crippen LogP contribution >= 0.6 is 0 Å². The fourth-order valence-electron chi connectivity index (χ4n) is 1.52. The number of aryl methyl sites for hydroxylation is 2. The summed E-state index contributed by atoms with van der Waals surface area (Å²) >= 11 is 0. The van der Waals surface area contributed by atoms with Gasteiger partial charge in [-0.3, -0.25) is 9.48 Å². The first-order valence-corrected chi connectivity index (χ1v) is 5.24. The number of nitrogen functional groups attached to an aromatic ring is 1. The van der Waals surface area contributed by atoms with E-state index in [2.05, 4.69) is 10.4 Å². The number of carbonyl (C=O) groups excluding carboxylic acids is 1. The van der Waals surface area contributed by atoms with Crippen LogP contribution in [0.1, 0.15) is 15.9 Å². The van der Waals surface area contributed by atoms with Crippen molar-refractivity contribution in [3.8, 4) is 0 Å². The number of nitrogens with one attached hydrogen (secondary N) is 1. The van der Waals surface area contributed by atoms with Crippen molar-refractivity contribution in [3.63, 3.8) is 0 Å². The molecule has 5 nitrogen and oxygen atoms in total. The molecule has 2 aromatic rings. The first-order chi connectivity index (χ1) is 8.09. The van der Waals surface area contributed by atoms with E-state index in [1.54, 1.807) is 7.05 Å². The van der Waals surface area contributed by atoms with Crippen molar-refractivity contribution < 1.29 is 4.79 Å². The SMILES string of the molecule is Cc1ccccc1NC(=O)c1cnn(C)c1N. The Bertz CT molecular complexity index is 559. The number of aromatic nitrogens is 2. The minimum atomic E-state index is -0.245. The van der Waals surface area contributed by atoms with Gasteiger partial charge in [-0.25, -0.2) is 0 Å². The van der Waals surface area contributed by atoms with E-state index in [4.69, 9.17) is 5.73 Å². The van der Waals surface area contributed by atoms with Gasteiger partial charge in [0.2, 0.25) is 0 Å². The molecule has 88 valence electrons. The van der Waals surface area contributed by atoms with Crippen LogP contribution in [0.4, 0.5) is 11.5 Å². The number of benzene rings is 1. The molecule has 1 amide bonds.